The van der Waals surface area contributed by atoms with Crippen LogP contribution in [0.2, 0.25) is 0 Å². The van der Waals surface area contributed by atoms with E-state index in [0.29, 0.717) is 35.4 Å². The van der Waals surface area contributed by atoms with Crippen LogP contribution in [0.4, 0.5) is 5.69 Å². The minimum absolute atomic E-state index is 0. The summed E-state index contributed by atoms with van der Waals surface area (Å²) in [6.07, 6.45) is 0.531. The molecule has 1 heterocycles. The molecule has 3 N–H and O–H groups in total. The number of rotatable bonds is 7. The van der Waals surface area contributed by atoms with Gasteiger partial charge in [0.15, 0.2) is 0 Å². The number of hydrogen-bond donors (Lipinski definition) is 2. The molecule has 0 fully saturated rings. The Hall–Kier alpha value is -3.32. The van der Waals surface area contributed by atoms with Gasteiger partial charge in [-0.2, -0.15) is 0 Å². The molecular formula is C24H28ClN3O4. The van der Waals surface area contributed by atoms with Crippen LogP contribution in [0.5, 0.6) is 0 Å². The van der Waals surface area contributed by atoms with Crippen LogP contribution >= 0.6 is 12.4 Å². The second-order valence-electron chi connectivity index (χ2n) is 8.10. The predicted molar refractivity (Wildman–Crippen MR) is 127 cm³/mol. The zero-order valence-electron chi connectivity index (χ0n) is 18.6. The van der Waals surface area contributed by atoms with Gasteiger partial charge in [-0.3, -0.25) is 15.0 Å². The molecule has 8 heteroatoms. The van der Waals surface area contributed by atoms with Crippen LogP contribution in [-0.2, 0) is 25.5 Å². The fraction of sp³-hybridized carbons (Fsp3) is 0.292. The number of nitrogens with zero attached hydrogens (tertiary/aromatic N) is 1. The molecule has 32 heavy (non-hydrogen) atoms. The average Bonchev–Trinajstić information content (AvgIpc) is 3.09. The first kappa shape index (κ1) is 24.9. The van der Waals surface area contributed by atoms with Crippen LogP contribution in [0, 0.1) is 10.8 Å². The van der Waals surface area contributed by atoms with Crippen molar-refractivity contribution in [3.8, 4) is 0 Å². The number of esters is 1. The minimum atomic E-state index is -0.635. The Bertz CT molecular complexity index is 1040. The second kappa shape index (κ2) is 9.87. The molecule has 0 spiro atoms. The summed E-state index contributed by atoms with van der Waals surface area (Å²) in [6, 6.07) is 14.5. The summed E-state index contributed by atoms with van der Waals surface area (Å²) in [6.45, 7) is 4.01. The fourth-order valence-corrected chi connectivity index (χ4v) is 3.68. The quantitative estimate of drug-likeness (QED) is 0.376. The Morgan fingerprint density at radius 3 is 2.19 bits per heavy atom. The molecule has 7 nitrogen and oxygen atoms in total. The van der Waals surface area contributed by atoms with Crippen LogP contribution in [0.3, 0.4) is 0 Å². The molecule has 1 aliphatic heterocycles. The molecule has 0 bridgehead atoms. The van der Waals surface area contributed by atoms with Gasteiger partial charge in [0.2, 0.25) is 0 Å². The van der Waals surface area contributed by atoms with Gasteiger partial charge in [0.1, 0.15) is 11.6 Å². The average molecular weight is 458 g/mol. The Balaban J connectivity index is 0.00000363. The number of benzene rings is 2. The van der Waals surface area contributed by atoms with Gasteiger partial charge >= 0.3 is 5.97 Å². The zero-order valence-corrected chi connectivity index (χ0v) is 19.4. The van der Waals surface area contributed by atoms with Crippen molar-refractivity contribution in [3.05, 3.63) is 71.0 Å². The topological polar surface area (TPSA) is 106 Å². The lowest BCUT2D eigenvalue weighted by Crippen LogP contribution is -2.28. The maximum absolute atomic E-state index is 13.2. The van der Waals surface area contributed by atoms with Crippen molar-refractivity contribution < 1.29 is 19.1 Å². The van der Waals surface area contributed by atoms with E-state index in [4.69, 9.17) is 20.6 Å². The Morgan fingerprint density at radius 2 is 1.69 bits per heavy atom. The van der Waals surface area contributed by atoms with Crippen molar-refractivity contribution in [2.24, 2.45) is 11.1 Å². The molecule has 0 saturated heterocycles. The van der Waals surface area contributed by atoms with Crippen molar-refractivity contribution in [2.75, 3.05) is 25.7 Å². The van der Waals surface area contributed by atoms with Gasteiger partial charge in [-0.1, -0.05) is 36.4 Å². The highest BCUT2D eigenvalue weighted by Crippen LogP contribution is 2.33. The van der Waals surface area contributed by atoms with Crippen LogP contribution in [0.1, 0.15) is 30.5 Å². The van der Waals surface area contributed by atoms with Gasteiger partial charge in [0, 0.05) is 11.3 Å². The third kappa shape index (κ3) is 4.94. The van der Waals surface area contributed by atoms with Gasteiger partial charge in [-0.05, 0) is 43.5 Å². The molecule has 2 aromatic carbocycles. The smallest absolute Gasteiger partial charge is 0.311 e. The van der Waals surface area contributed by atoms with Crippen LogP contribution in [0.15, 0.2) is 54.3 Å². The number of nitrogens with two attached hydrogens (primary N) is 1. The highest BCUT2D eigenvalue weighted by Gasteiger charge is 2.34. The van der Waals surface area contributed by atoms with Crippen molar-refractivity contribution in [2.45, 2.75) is 20.3 Å². The van der Waals surface area contributed by atoms with Crippen molar-refractivity contribution in [1.82, 2.24) is 0 Å². The van der Waals surface area contributed by atoms with Gasteiger partial charge in [-0.15, -0.1) is 12.4 Å². The summed E-state index contributed by atoms with van der Waals surface area (Å²) < 4.78 is 10.4. The number of ether oxygens (including phenoxy) is 2. The highest BCUT2D eigenvalue weighted by molar-refractivity contribution is 6.29. The molecule has 3 rings (SSSR count). The molecule has 1 aliphatic rings. The van der Waals surface area contributed by atoms with Gasteiger partial charge < -0.3 is 20.1 Å². The van der Waals surface area contributed by atoms with Crippen molar-refractivity contribution >= 4 is 41.4 Å². The largest absolute Gasteiger partial charge is 0.498 e. The van der Waals surface area contributed by atoms with E-state index in [1.807, 2.05) is 38.1 Å². The molecule has 0 atom stereocenters. The first-order chi connectivity index (χ1) is 14.7. The number of methoxy groups -OCH3 is 2. The highest BCUT2D eigenvalue weighted by atomic mass is 35.5. The summed E-state index contributed by atoms with van der Waals surface area (Å²) >= 11 is 0. The fourth-order valence-electron chi connectivity index (χ4n) is 3.68. The molecular weight excluding hydrogens is 430 g/mol. The maximum atomic E-state index is 13.2. The van der Waals surface area contributed by atoms with E-state index >= 15 is 0 Å². The van der Waals surface area contributed by atoms with Gasteiger partial charge in [-0.25, -0.2) is 0 Å². The lowest BCUT2D eigenvalue weighted by molar-refractivity contribution is -0.150. The number of amides is 1. The van der Waals surface area contributed by atoms with E-state index in [9.17, 15) is 9.59 Å². The van der Waals surface area contributed by atoms with E-state index in [1.165, 1.54) is 7.11 Å². The maximum Gasteiger partial charge on any atom is 0.311 e. The Kier molecular flexibility index (Phi) is 7.69. The van der Waals surface area contributed by atoms with Gasteiger partial charge in [0.05, 0.1) is 31.8 Å². The number of nitrogens with one attached hydrogen (secondary N) is 1. The van der Waals surface area contributed by atoms with Crippen LogP contribution < -0.4 is 10.6 Å². The molecule has 0 unspecified atom stereocenters. The second-order valence-corrected chi connectivity index (χ2v) is 8.10. The lowest BCUT2D eigenvalue weighted by atomic mass is 9.86. The summed E-state index contributed by atoms with van der Waals surface area (Å²) in [5.41, 5.74) is 8.41. The lowest BCUT2D eigenvalue weighted by Gasteiger charge is -2.22. The Morgan fingerprint density at radius 1 is 1.09 bits per heavy atom. The van der Waals surface area contributed by atoms with Crippen LogP contribution in [0.25, 0.3) is 5.57 Å². The third-order valence-corrected chi connectivity index (χ3v) is 5.40. The number of amidine groups is 1. The van der Waals surface area contributed by atoms with E-state index in [2.05, 4.69) is 0 Å². The normalized spacial score (nSPS) is 13.6. The monoisotopic (exact) mass is 457 g/mol. The number of carbonyl (C=O) groups is 2. The summed E-state index contributed by atoms with van der Waals surface area (Å²) in [4.78, 5) is 26.8. The number of nitrogen functional groups attached to an aromatic ring is 1. The van der Waals surface area contributed by atoms with E-state index in [-0.39, 0.29) is 30.1 Å². The van der Waals surface area contributed by atoms with Crippen molar-refractivity contribution in [3.63, 3.8) is 0 Å². The van der Waals surface area contributed by atoms with Gasteiger partial charge in [0.25, 0.3) is 5.91 Å². The molecule has 0 radical (unpaired) electrons. The number of halogens is 1. The summed E-state index contributed by atoms with van der Waals surface area (Å²) in [7, 11) is 2.94. The molecule has 0 aliphatic carbocycles. The van der Waals surface area contributed by atoms with Crippen molar-refractivity contribution in [1.29, 1.82) is 5.41 Å². The zero-order chi connectivity index (χ0) is 22.8. The summed E-state index contributed by atoms with van der Waals surface area (Å²) in [5, 5.41) is 7.52. The number of anilines is 1. The van der Waals surface area contributed by atoms with Crippen LogP contribution in [-0.4, -0.2) is 38.5 Å². The minimum Gasteiger partial charge on any atom is -0.498 e. The molecule has 170 valence electrons. The standard InChI is InChI=1S/C24H27N3O4.ClH/c1-24(2,23(29)31-4)13-15-5-11-18(12-6-15)27-14-19(30-3)20(22(27)28)16-7-9-17(10-8-16)21(25)26;/h5-12H,13-14H2,1-4H3,(H3,25,26);1H. The molecule has 1 amide bonds. The third-order valence-electron chi connectivity index (χ3n) is 5.40. The summed E-state index contributed by atoms with van der Waals surface area (Å²) in [5.74, 6) is 0.134. The molecule has 2 aromatic rings. The van der Waals surface area contributed by atoms with E-state index in [0.717, 1.165) is 11.3 Å². The number of hydrogen-bond acceptors (Lipinski definition) is 5. The van der Waals surface area contributed by atoms with E-state index in [1.54, 1.807) is 36.3 Å². The van der Waals surface area contributed by atoms with E-state index < -0.39 is 5.41 Å². The molecule has 0 aromatic heterocycles. The SMILES string of the molecule is COC(=O)C(C)(C)Cc1ccc(N2CC(OC)=C(c3ccc(C(=N)N)cc3)C2=O)cc1.Cl. The molecule has 0 saturated carbocycles. The first-order valence-corrected chi connectivity index (χ1v) is 9.89. The first-order valence-electron chi connectivity index (χ1n) is 9.89. The Labute approximate surface area is 194 Å². The number of carbonyl (C=O) groups excluding carboxylic acids is 2. The predicted octanol–water partition coefficient (Wildman–Crippen LogP) is 3.54.